The van der Waals surface area contributed by atoms with Crippen LogP contribution in [0.2, 0.25) is 0 Å². The number of thiophene rings is 1. The summed E-state index contributed by atoms with van der Waals surface area (Å²) >= 11 is 1.66. The molecule has 1 aliphatic heterocycles. The molecule has 0 radical (unpaired) electrons. The molecule has 0 N–H and O–H groups in total. The van der Waals surface area contributed by atoms with Crippen molar-refractivity contribution in [2.24, 2.45) is 5.92 Å². The van der Waals surface area contributed by atoms with Crippen LogP contribution in [-0.4, -0.2) is 48.9 Å². The van der Waals surface area contributed by atoms with E-state index in [1.807, 2.05) is 23.4 Å². The van der Waals surface area contributed by atoms with Gasteiger partial charge in [0.25, 0.3) is 0 Å². The first kappa shape index (κ1) is 19.1. The van der Waals surface area contributed by atoms with Crippen LogP contribution in [0.3, 0.4) is 0 Å². The van der Waals surface area contributed by atoms with E-state index in [0.29, 0.717) is 12.3 Å². The predicted octanol–water partition coefficient (Wildman–Crippen LogP) is 4.01. The van der Waals surface area contributed by atoms with Gasteiger partial charge in [0.15, 0.2) is 0 Å². The maximum Gasteiger partial charge on any atom is 0.226 e. The molecule has 0 saturated carbocycles. The third kappa shape index (κ3) is 5.42. The predicted molar refractivity (Wildman–Crippen MR) is 110 cm³/mol. The Morgan fingerprint density at radius 3 is 2.92 bits per heavy atom. The van der Waals surface area contributed by atoms with Gasteiger partial charge in [-0.05, 0) is 72.2 Å². The van der Waals surface area contributed by atoms with Crippen molar-refractivity contribution in [3.63, 3.8) is 0 Å². The molecule has 0 unspecified atom stereocenters. The van der Waals surface area contributed by atoms with Gasteiger partial charge in [0.05, 0.1) is 6.42 Å². The van der Waals surface area contributed by atoms with E-state index in [0.717, 1.165) is 31.6 Å². The summed E-state index contributed by atoms with van der Waals surface area (Å²) in [6, 6.07) is 10.7. The molecule has 0 bridgehead atoms. The fourth-order valence-electron chi connectivity index (χ4n) is 3.86. The number of amides is 1. The number of benzene rings is 1. The van der Waals surface area contributed by atoms with Gasteiger partial charge in [0.2, 0.25) is 5.91 Å². The van der Waals surface area contributed by atoms with Crippen molar-refractivity contribution >= 4 is 17.2 Å². The van der Waals surface area contributed by atoms with Crippen LogP contribution in [0.15, 0.2) is 41.1 Å². The number of likely N-dealkylation sites (tertiary alicyclic amines) is 1. The lowest BCUT2D eigenvalue weighted by molar-refractivity contribution is -0.130. The zero-order valence-corrected chi connectivity index (χ0v) is 16.8. The summed E-state index contributed by atoms with van der Waals surface area (Å²) in [6.07, 6.45) is 4.12. The maximum absolute atomic E-state index is 12.4. The monoisotopic (exact) mass is 370 g/mol. The molecule has 0 aliphatic carbocycles. The van der Waals surface area contributed by atoms with E-state index in [1.165, 1.54) is 30.5 Å². The summed E-state index contributed by atoms with van der Waals surface area (Å²) in [5.41, 5.74) is 3.98. The zero-order chi connectivity index (χ0) is 18.4. The quantitative estimate of drug-likeness (QED) is 0.735. The number of piperidine rings is 1. The second-order valence-corrected chi connectivity index (χ2v) is 8.35. The van der Waals surface area contributed by atoms with Crippen LogP contribution >= 0.6 is 11.3 Å². The van der Waals surface area contributed by atoms with Gasteiger partial charge in [-0.3, -0.25) is 4.79 Å². The summed E-state index contributed by atoms with van der Waals surface area (Å²) in [5.74, 6) is 0.831. The van der Waals surface area contributed by atoms with Crippen molar-refractivity contribution in [2.45, 2.75) is 32.6 Å². The Morgan fingerprint density at radius 1 is 1.31 bits per heavy atom. The van der Waals surface area contributed by atoms with Gasteiger partial charge in [0.1, 0.15) is 0 Å². The average molecular weight is 371 g/mol. The number of aryl methyl sites for hydroxylation is 1. The van der Waals surface area contributed by atoms with E-state index >= 15 is 0 Å². The molecular weight excluding hydrogens is 340 g/mol. The van der Waals surface area contributed by atoms with Crippen molar-refractivity contribution < 1.29 is 4.79 Å². The standard InChI is InChI=1S/C22H30N2OS/c1-18-6-3-4-8-21(18)9-12-24-11-5-7-20(16-24)15-23(2)22(25)14-19-10-13-26-17-19/h3-4,6,8,10,13,17,20H,5,7,9,11-12,14-16H2,1-2H3/t20-/m0/s1. The van der Waals surface area contributed by atoms with E-state index < -0.39 is 0 Å². The number of likely N-dealkylation sites (N-methyl/N-ethyl adjacent to an activating group) is 1. The van der Waals surface area contributed by atoms with Gasteiger partial charge in [-0.15, -0.1) is 0 Å². The summed E-state index contributed by atoms with van der Waals surface area (Å²) < 4.78 is 0. The summed E-state index contributed by atoms with van der Waals surface area (Å²) in [4.78, 5) is 16.9. The zero-order valence-electron chi connectivity index (χ0n) is 16.0. The lowest BCUT2D eigenvalue weighted by Crippen LogP contribution is -2.42. The number of carbonyl (C=O) groups is 1. The van der Waals surface area contributed by atoms with E-state index in [1.54, 1.807) is 11.3 Å². The molecule has 1 amide bonds. The van der Waals surface area contributed by atoms with E-state index in [9.17, 15) is 4.79 Å². The smallest absolute Gasteiger partial charge is 0.226 e. The molecule has 3 nitrogen and oxygen atoms in total. The molecule has 2 heterocycles. The fourth-order valence-corrected chi connectivity index (χ4v) is 4.53. The van der Waals surface area contributed by atoms with Crippen molar-refractivity contribution in [2.75, 3.05) is 33.2 Å². The number of carbonyl (C=O) groups excluding carboxylic acids is 1. The maximum atomic E-state index is 12.4. The van der Waals surface area contributed by atoms with Crippen molar-refractivity contribution in [3.05, 3.63) is 57.8 Å². The summed E-state index contributed by atoms with van der Waals surface area (Å²) in [5, 5.41) is 4.11. The van der Waals surface area contributed by atoms with E-state index in [2.05, 4.69) is 41.5 Å². The van der Waals surface area contributed by atoms with E-state index in [4.69, 9.17) is 0 Å². The lowest BCUT2D eigenvalue weighted by Gasteiger charge is -2.35. The van der Waals surface area contributed by atoms with Gasteiger partial charge in [-0.25, -0.2) is 0 Å². The molecular formula is C22H30N2OS. The van der Waals surface area contributed by atoms with Crippen LogP contribution in [0.5, 0.6) is 0 Å². The Hall–Kier alpha value is -1.65. The summed E-state index contributed by atoms with van der Waals surface area (Å²) in [6.45, 7) is 6.50. The molecule has 1 saturated heterocycles. The molecule has 0 spiro atoms. The van der Waals surface area contributed by atoms with Crippen LogP contribution < -0.4 is 0 Å². The van der Waals surface area contributed by atoms with Gasteiger partial charge in [0, 0.05) is 26.7 Å². The minimum Gasteiger partial charge on any atom is -0.345 e. The van der Waals surface area contributed by atoms with Crippen LogP contribution in [0, 0.1) is 12.8 Å². The molecule has 1 aromatic carbocycles. The minimum absolute atomic E-state index is 0.237. The normalized spacial score (nSPS) is 18.0. The third-order valence-corrected chi connectivity index (χ3v) is 6.19. The Morgan fingerprint density at radius 2 is 2.15 bits per heavy atom. The highest BCUT2D eigenvalue weighted by atomic mass is 32.1. The topological polar surface area (TPSA) is 23.6 Å². The Balaban J connectivity index is 1.45. The highest BCUT2D eigenvalue weighted by Crippen LogP contribution is 2.19. The van der Waals surface area contributed by atoms with Crippen LogP contribution in [0.4, 0.5) is 0 Å². The Bertz CT molecular complexity index is 698. The number of hydrogen-bond acceptors (Lipinski definition) is 3. The Kier molecular flexibility index (Phi) is 6.86. The molecule has 3 rings (SSSR count). The molecule has 26 heavy (non-hydrogen) atoms. The van der Waals surface area contributed by atoms with Gasteiger partial charge in [-0.2, -0.15) is 11.3 Å². The molecule has 1 fully saturated rings. The molecule has 1 aliphatic rings. The first-order valence-corrected chi connectivity index (χ1v) is 10.6. The summed E-state index contributed by atoms with van der Waals surface area (Å²) in [7, 11) is 1.96. The molecule has 1 aromatic heterocycles. The second kappa shape index (κ2) is 9.33. The molecule has 140 valence electrons. The highest BCUT2D eigenvalue weighted by Gasteiger charge is 2.22. The molecule has 4 heteroatoms. The van der Waals surface area contributed by atoms with Crippen molar-refractivity contribution in [3.8, 4) is 0 Å². The van der Waals surface area contributed by atoms with Gasteiger partial charge >= 0.3 is 0 Å². The first-order chi connectivity index (χ1) is 12.6. The van der Waals surface area contributed by atoms with E-state index in [-0.39, 0.29) is 5.91 Å². The molecule has 2 aromatic rings. The molecule has 1 atom stereocenters. The van der Waals surface area contributed by atoms with Crippen molar-refractivity contribution in [1.82, 2.24) is 9.80 Å². The number of nitrogens with zero attached hydrogens (tertiary/aromatic N) is 2. The second-order valence-electron chi connectivity index (χ2n) is 7.57. The highest BCUT2D eigenvalue weighted by molar-refractivity contribution is 7.08. The first-order valence-electron chi connectivity index (χ1n) is 9.63. The van der Waals surface area contributed by atoms with Crippen molar-refractivity contribution in [1.29, 1.82) is 0 Å². The van der Waals surface area contributed by atoms with Crippen LogP contribution in [0.1, 0.15) is 29.5 Å². The largest absolute Gasteiger partial charge is 0.345 e. The number of hydrogen-bond donors (Lipinski definition) is 0. The average Bonchev–Trinajstić information content (AvgIpc) is 3.14. The van der Waals surface area contributed by atoms with Gasteiger partial charge < -0.3 is 9.80 Å². The minimum atomic E-state index is 0.237. The van der Waals surface area contributed by atoms with Crippen LogP contribution in [-0.2, 0) is 17.6 Å². The third-order valence-electron chi connectivity index (χ3n) is 5.46. The Labute approximate surface area is 161 Å². The SMILES string of the molecule is Cc1ccccc1CCN1CCC[C@@H](CN(C)C(=O)Cc2ccsc2)C1. The number of rotatable bonds is 7. The van der Waals surface area contributed by atoms with Crippen LogP contribution in [0.25, 0.3) is 0 Å². The van der Waals surface area contributed by atoms with Gasteiger partial charge in [-0.1, -0.05) is 24.3 Å². The fraction of sp³-hybridized carbons (Fsp3) is 0.500. The lowest BCUT2D eigenvalue weighted by atomic mass is 9.96.